The predicted molar refractivity (Wildman–Crippen MR) is 69.1 cm³/mol. The van der Waals surface area contributed by atoms with Crippen molar-refractivity contribution in [2.75, 3.05) is 26.2 Å². The van der Waals surface area contributed by atoms with E-state index in [9.17, 15) is 4.79 Å². The average molecular weight is 270 g/mol. The van der Waals surface area contributed by atoms with Gasteiger partial charge in [0, 0.05) is 13.1 Å². The first-order chi connectivity index (χ1) is 8.66. The van der Waals surface area contributed by atoms with Crippen LogP contribution in [0.15, 0.2) is 24.3 Å². The Balaban J connectivity index is 1.74. The third kappa shape index (κ3) is 3.37. The van der Waals surface area contributed by atoms with Crippen molar-refractivity contribution < 1.29 is 14.6 Å². The summed E-state index contributed by atoms with van der Waals surface area (Å²) in [5, 5.41) is 9.49. The van der Waals surface area contributed by atoms with Gasteiger partial charge in [0.05, 0.1) is 10.9 Å². The van der Waals surface area contributed by atoms with Crippen molar-refractivity contribution in [2.24, 2.45) is 5.92 Å². The summed E-state index contributed by atoms with van der Waals surface area (Å²) in [6, 6.07) is 7.34. The highest BCUT2D eigenvalue weighted by molar-refractivity contribution is 6.32. The Morgan fingerprint density at radius 3 is 2.94 bits per heavy atom. The van der Waals surface area contributed by atoms with E-state index in [0.29, 0.717) is 23.9 Å². The van der Waals surface area contributed by atoms with Crippen LogP contribution in [0.3, 0.4) is 0 Å². The van der Waals surface area contributed by atoms with Gasteiger partial charge in [0.15, 0.2) is 0 Å². The molecule has 1 aliphatic heterocycles. The van der Waals surface area contributed by atoms with Crippen molar-refractivity contribution in [3.8, 4) is 5.75 Å². The van der Waals surface area contributed by atoms with Crippen LogP contribution in [0.25, 0.3) is 0 Å². The van der Waals surface area contributed by atoms with Crippen LogP contribution in [-0.4, -0.2) is 42.2 Å². The fourth-order valence-electron chi connectivity index (χ4n) is 2.08. The van der Waals surface area contributed by atoms with E-state index >= 15 is 0 Å². The van der Waals surface area contributed by atoms with Gasteiger partial charge < -0.3 is 9.84 Å². The Morgan fingerprint density at radius 2 is 2.28 bits per heavy atom. The number of halogens is 1. The maximum Gasteiger partial charge on any atom is 0.307 e. The highest BCUT2D eigenvalue weighted by atomic mass is 35.5. The molecule has 0 unspecified atom stereocenters. The maximum atomic E-state index is 10.8. The van der Waals surface area contributed by atoms with E-state index in [4.69, 9.17) is 21.4 Å². The summed E-state index contributed by atoms with van der Waals surface area (Å²) in [6.07, 6.45) is 0.724. The molecule has 0 amide bonds. The molecule has 0 saturated carbocycles. The molecule has 1 fully saturated rings. The zero-order chi connectivity index (χ0) is 13.0. The second-order valence-electron chi connectivity index (χ2n) is 4.40. The van der Waals surface area contributed by atoms with Gasteiger partial charge in [-0.25, -0.2) is 0 Å². The number of rotatable bonds is 5. The molecule has 1 heterocycles. The molecule has 1 atom stereocenters. The third-order valence-corrected chi connectivity index (χ3v) is 3.44. The Bertz CT molecular complexity index is 424. The third-order valence-electron chi connectivity index (χ3n) is 3.12. The van der Waals surface area contributed by atoms with E-state index in [0.717, 1.165) is 19.5 Å². The molecule has 1 aromatic rings. The Labute approximate surface area is 111 Å². The van der Waals surface area contributed by atoms with Crippen molar-refractivity contribution in [1.29, 1.82) is 0 Å². The molecule has 1 aromatic carbocycles. The number of para-hydroxylation sites is 1. The minimum Gasteiger partial charge on any atom is -0.491 e. The van der Waals surface area contributed by atoms with Crippen LogP contribution < -0.4 is 4.74 Å². The molecule has 0 spiro atoms. The molecule has 4 nitrogen and oxygen atoms in total. The SMILES string of the molecule is O=C(O)[C@@H]1CCN(CCOc2ccccc2Cl)C1. The fraction of sp³-hybridized carbons (Fsp3) is 0.462. The second-order valence-corrected chi connectivity index (χ2v) is 4.81. The number of benzene rings is 1. The van der Waals surface area contributed by atoms with E-state index in [1.165, 1.54) is 0 Å². The second kappa shape index (κ2) is 6.07. The molecule has 18 heavy (non-hydrogen) atoms. The van der Waals surface area contributed by atoms with Crippen LogP contribution in [0.4, 0.5) is 0 Å². The zero-order valence-corrected chi connectivity index (χ0v) is 10.8. The number of hydrogen-bond acceptors (Lipinski definition) is 3. The molecule has 0 radical (unpaired) electrons. The minimum absolute atomic E-state index is 0.231. The molecule has 98 valence electrons. The van der Waals surface area contributed by atoms with Crippen molar-refractivity contribution >= 4 is 17.6 Å². The smallest absolute Gasteiger partial charge is 0.307 e. The number of aliphatic carboxylic acids is 1. The number of likely N-dealkylation sites (tertiary alicyclic amines) is 1. The van der Waals surface area contributed by atoms with Gasteiger partial charge in [-0.05, 0) is 25.1 Å². The largest absolute Gasteiger partial charge is 0.491 e. The summed E-state index contributed by atoms with van der Waals surface area (Å²) in [5.74, 6) is -0.261. The lowest BCUT2D eigenvalue weighted by Crippen LogP contribution is -2.27. The molecule has 1 saturated heterocycles. The Kier molecular flexibility index (Phi) is 4.44. The van der Waals surface area contributed by atoms with E-state index < -0.39 is 5.97 Å². The fourth-order valence-corrected chi connectivity index (χ4v) is 2.27. The maximum absolute atomic E-state index is 10.8. The summed E-state index contributed by atoms with van der Waals surface area (Å²) in [5.41, 5.74) is 0. The van der Waals surface area contributed by atoms with Gasteiger partial charge in [-0.2, -0.15) is 0 Å². The summed E-state index contributed by atoms with van der Waals surface area (Å²) >= 11 is 5.97. The first kappa shape index (κ1) is 13.2. The van der Waals surface area contributed by atoms with Crippen LogP contribution in [-0.2, 0) is 4.79 Å². The molecular formula is C13H16ClNO3. The first-order valence-corrected chi connectivity index (χ1v) is 6.37. The van der Waals surface area contributed by atoms with Gasteiger partial charge in [-0.3, -0.25) is 9.69 Å². The number of nitrogens with zero attached hydrogens (tertiary/aromatic N) is 1. The van der Waals surface area contributed by atoms with Crippen molar-refractivity contribution in [3.63, 3.8) is 0 Å². The normalized spacial score (nSPS) is 19.9. The van der Waals surface area contributed by atoms with Gasteiger partial charge in [0.2, 0.25) is 0 Å². The van der Waals surface area contributed by atoms with E-state index in [-0.39, 0.29) is 5.92 Å². The number of carboxylic acid groups (broad SMARTS) is 1. The van der Waals surface area contributed by atoms with E-state index in [1.807, 2.05) is 18.2 Å². The molecule has 1 N–H and O–H groups in total. The van der Waals surface area contributed by atoms with Crippen molar-refractivity contribution in [3.05, 3.63) is 29.3 Å². The molecular weight excluding hydrogens is 254 g/mol. The molecule has 2 rings (SSSR count). The number of carboxylic acids is 1. The number of carbonyl (C=O) groups is 1. The van der Waals surface area contributed by atoms with Gasteiger partial charge in [-0.15, -0.1) is 0 Å². The lowest BCUT2D eigenvalue weighted by molar-refractivity contribution is -0.141. The van der Waals surface area contributed by atoms with Crippen LogP contribution in [0.2, 0.25) is 5.02 Å². The van der Waals surface area contributed by atoms with Crippen LogP contribution in [0.5, 0.6) is 5.75 Å². The quantitative estimate of drug-likeness (QED) is 0.890. The molecule has 5 heteroatoms. The number of ether oxygens (including phenoxy) is 1. The summed E-state index contributed by atoms with van der Waals surface area (Å²) in [4.78, 5) is 12.9. The standard InChI is InChI=1S/C13H16ClNO3/c14-11-3-1-2-4-12(11)18-8-7-15-6-5-10(9-15)13(16)17/h1-4,10H,5-9H2,(H,16,17)/t10-/m1/s1. The molecule has 0 aromatic heterocycles. The highest BCUT2D eigenvalue weighted by Gasteiger charge is 2.27. The van der Waals surface area contributed by atoms with E-state index in [1.54, 1.807) is 6.07 Å². The number of hydrogen-bond donors (Lipinski definition) is 1. The zero-order valence-electron chi connectivity index (χ0n) is 10.0. The molecule has 0 aliphatic carbocycles. The van der Waals surface area contributed by atoms with Crippen LogP contribution >= 0.6 is 11.6 Å². The van der Waals surface area contributed by atoms with Crippen LogP contribution in [0.1, 0.15) is 6.42 Å². The summed E-state index contributed by atoms with van der Waals surface area (Å²) in [7, 11) is 0. The van der Waals surface area contributed by atoms with Gasteiger partial charge >= 0.3 is 5.97 Å². The first-order valence-electron chi connectivity index (χ1n) is 5.99. The van der Waals surface area contributed by atoms with E-state index in [2.05, 4.69) is 4.90 Å². The summed E-state index contributed by atoms with van der Waals surface area (Å²) in [6.45, 7) is 2.69. The van der Waals surface area contributed by atoms with Crippen molar-refractivity contribution in [1.82, 2.24) is 4.90 Å². The Hall–Kier alpha value is -1.26. The highest BCUT2D eigenvalue weighted by Crippen LogP contribution is 2.23. The average Bonchev–Trinajstić information content (AvgIpc) is 2.80. The van der Waals surface area contributed by atoms with Gasteiger partial charge in [-0.1, -0.05) is 23.7 Å². The monoisotopic (exact) mass is 269 g/mol. The lowest BCUT2D eigenvalue weighted by atomic mass is 10.1. The molecule has 0 bridgehead atoms. The Morgan fingerprint density at radius 1 is 1.50 bits per heavy atom. The van der Waals surface area contributed by atoms with Gasteiger partial charge in [0.25, 0.3) is 0 Å². The molecule has 1 aliphatic rings. The van der Waals surface area contributed by atoms with Crippen LogP contribution in [0, 0.1) is 5.92 Å². The predicted octanol–water partition coefficient (Wildman–Crippen LogP) is 2.13. The topological polar surface area (TPSA) is 49.8 Å². The van der Waals surface area contributed by atoms with Gasteiger partial charge in [0.1, 0.15) is 12.4 Å². The lowest BCUT2D eigenvalue weighted by Gasteiger charge is -2.15. The van der Waals surface area contributed by atoms with Crippen molar-refractivity contribution in [2.45, 2.75) is 6.42 Å². The summed E-state index contributed by atoms with van der Waals surface area (Å²) < 4.78 is 5.57. The minimum atomic E-state index is -0.704.